The van der Waals surface area contributed by atoms with E-state index in [9.17, 15) is 8.78 Å². The lowest BCUT2D eigenvalue weighted by atomic mass is 9.84. The van der Waals surface area contributed by atoms with Crippen LogP contribution in [-0.4, -0.2) is 44.0 Å². The fourth-order valence-electron chi connectivity index (χ4n) is 2.89. The van der Waals surface area contributed by atoms with Crippen molar-refractivity contribution in [3.05, 3.63) is 0 Å². The summed E-state index contributed by atoms with van der Waals surface area (Å²) in [6.07, 6.45) is 3.88. The molecule has 0 aromatic heterocycles. The predicted molar refractivity (Wildman–Crippen MR) is 65.4 cm³/mol. The molecule has 0 aromatic carbocycles. The molecular weight excluding hydrogens is 222 g/mol. The third-order valence-electron chi connectivity index (χ3n) is 4.11. The minimum atomic E-state index is -2.18. The number of rotatable bonds is 6. The molecule has 1 aliphatic carbocycles. The lowest BCUT2D eigenvalue weighted by Gasteiger charge is -2.35. The van der Waals surface area contributed by atoms with Gasteiger partial charge in [0.2, 0.25) is 0 Å². The molecule has 0 unspecified atom stereocenters. The number of nitrogens with one attached hydrogen (secondary N) is 1. The summed E-state index contributed by atoms with van der Waals surface area (Å²) in [6, 6.07) is 0. The highest BCUT2D eigenvalue weighted by molar-refractivity contribution is 4.78. The Morgan fingerprint density at radius 3 is 2.06 bits per heavy atom. The second-order valence-corrected chi connectivity index (χ2v) is 5.60. The number of hydrogen-bond acceptors (Lipinski definition) is 2. The Bertz CT molecular complexity index is 213. The molecule has 2 nitrogen and oxygen atoms in total. The summed E-state index contributed by atoms with van der Waals surface area (Å²) in [4.78, 5) is 2.02. The van der Waals surface area contributed by atoms with Crippen molar-refractivity contribution in [2.24, 2.45) is 11.8 Å². The molecule has 0 radical (unpaired) electrons. The zero-order valence-corrected chi connectivity index (χ0v) is 10.5. The highest BCUT2D eigenvalue weighted by atomic mass is 19.3. The van der Waals surface area contributed by atoms with Gasteiger partial charge in [0, 0.05) is 13.1 Å². The lowest BCUT2D eigenvalue weighted by Crippen LogP contribution is -2.41. The summed E-state index contributed by atoms with van der Waals surface area (Å²) in [7, 11) is 0. The molecule has 100 valence electrons. The number of piperidine rings is 1. The van der Waals surface area contributed by atoms with Crippen molar-refractivity contribution in [1.82, 2.24) is 10.2 Å². The van der Waals surface area contributed by atoms with Gasteiger partial charge in [-0.2, -0.15) is 0 Å². The predicted octanol–water partition coefficient (Wildman–Crippen LogP) is 2.35. The van der Waals surface area contributed by atoms with E-state index >= 15 is 0 Å². The molecule has 1 saturated carbocycles. The molecule has 0 bridgehead atoms. The molecule has 0 atom stereocenters. The quantitative estimate of drug-likeness (QED) is 0.774. The van der Waals surface area contributed by atoms with E-state index in [-0.39, 0.29) is 6.54 Å². The SMILES string of the molecule is FC(F)CN(CC1CCC1)CC1CCNCC1. The van der Waals surface area contributed by atoms with Gasteiger partial charge in [0.1, 0.15) is 0 Å². The Labute approximate surface area is 103 Å². The van der Waals surface area contributed by atoms with Gasteiger partial charge in [0.15, 0.2) is 0 Å². The van der Waals surface area contributed by atoms with E-state index in [4.69, 9.17) is 0 Å². The molecule has 1 saturated heterocycles. The Hall–Kier alpha value is -0.220. The van der Waals surface area contributed by atoms with E-state index in [0.29, 0.717) is 11.8 Å². The zero-order valence-electron chi connectivity index (χ0n) is 10.5. The van der Waals surface area contributed by atoms with Crippen LogP contribution in [0, 0.1) is 11.8 Å². The summed E-state index contributed by atoms with van der Waals surface area (Å²) < 4.78 is 25.1. The van der Waals surface area contributed by atoms with Crippen LogP contribution in [0.25, 0.3) is 0 Å². The van der Waals surface area contributed by atoms with Gasteiger partial charge < -0.3 is 5.32 Å². The first-order chi connectivity index (χ1) is 8.24. The molecule has 1 aliphatic heterocycles. The Kier molecular flexibility index (Phi) is 5.16. The molecule has 2 fully saturated rings. The minimum Gasteiger partial charge on any atom is -0.317 e. The van der Waals surface area contributed by atoms with Gasteiger partial charge in [-0.1, -0.05) is 6.42 Å². The summed E-state index contributed by atoms with van der Waals surface area (Å²) in [5.74, 6) is 1.31. The van der Waals surface area contributed by atoms with Crippen molar-refractivity contribution >= 4 is 0 Å². The van der Waals surface area contributed by atoms with Crippen molar-refractivity contribution in [2.75, 3.05) is 32.7 Å². The highest BCUT2D eigenvalue weighted by Crippen LogP contribution is 2.28. The van der Waals surface area contributed by atoms with E-state index in [1.165, 1.54) is 19.3 Å². The number of nitrogens with zero attached hydrogens (tertiary/aromatic N) is 1. The summed E-state index contributed by atoms with van der Waals surface area (Å²) in [6.45, 7) is 3.85. The molecule has 17 heavy (non-hydrogen) atoms. The number of alkyl halides is 2. The fraction of sp³-hybridized carbons (Fsp3) is 1.00. The van der Waals surface area contributed by atoms with Crippen LogP contribution in [-0.2, 0) is 0 Å². The second kappa shape index (κ2) is 6.64. The Morgan fingerprint density at radius 2 is 1.59 bits per heavy atom. The third kappa shape index (κ3) is 4.51. The molecule has 1 N–H and O–H groups in total. The monoisotopic (exact) mass is 246 g/mol. The van der Waals surface area contributed by atoms with Crippen LogP contribution in [0.1, 0.15) is 32.1 Å². The molecule has 2 aliphatic rings. The molecule has 0 spiro atoms. The van der Waals surface area contributed by atoms with Gasteiger partial charge in [0.05, 0.1) is 6.54 Å². The van der Waals surface area contributed by atoms with Crippen LogP contribution < -0.4 is 5.32 Å². The average Bonchev–Trinajstić information content (AvgIpc) is 2.24. The van der Waals surface area contributed by atoms with E-state index in [0.717, 1.165) is 39.0 Å². The molecule has 2 rings (SSSR count). The van der Waals surface area contributed by atoms with Crippen LogP contribution in [0.2, 0.25) is 0 Å². The largest absolute Gasteiger partial charge is 0.317 e. The first-order valence-corrected chi connectivity index (χ1v) is 6.95. The van der Waals surface area contributed by atoms with Gasteiger partial charge in [-0.25, -0.2) is 8.78 Å². The van der Waals surface area contributed by atoms with Crippen LogP contribution >= 0.6 is 0 Å². The van der Waals surface area contributed by atoms with Gasteiger partial charge in [-0.15, -0.1) is 0 Å². The molecule has 0 amide bonds. The highest BCUT2D eigenvalue weighted by Gasteiger charge is 2.25. The van der Waals surface area contributed by atoms with Crippen molar-refractivity contribution in [1.29, 1.82) is 0 Å². The fourth-order valence-corrected chi connectivity index (χ4v) is 2.89. The van der Waals surface area contributed by atoms with Crippen molar-refractivity contribution in [3.8, 4) is 0 Å². The normalized spacial score (nSPS) is 23.3. The summed E-state index contributed by atoms with van der Waals surface area (Å²) >= 11 is 0. The molecule has 1 heterocycles. The maximum Gasteiger partial charge on any atom is 0.251 e. The standard InChI is InChI=1S/C13H24F2N2/c14-13(15)10-17(8-11-2-1-3-11)9-12-4-6-16-7-5-12/h11-13,16H,1-10H2. The van der Waals surface area contributed by atoms with Crippen molar-refractivity contribution in [2.45, 2.75) is 38.5 Å². The molecule has 0 aromatic rings. The second-order valence-electron chi connectivity index (χ2n) is 5.60. The first-order valence-electron chi connectivity index (χ1n) is 6.95. The minimum absolute atomic E-state index is 0.0274. The first kappa shape index (κ1) is 13.2. The Morgan fingerprint density at radius 1 is 1.00 bits per heavy atom. The number of hydrogen-bond donors (Lipinski definition) is 1. The van der Waals surface area contributed by atoms with E-state index in [1.54, 1.807) is 0 Å². The molecular formula is C13H24F2N2. The third-order valence-corrected chi connectivity index (χ3v) is 4.11. The maximum absolute atomic E-state index is 12.6. The number of halogens is 2. The van der Waals surface area contributed by atoms with Gasteiger partial charge >= 0.3 is 0 Å². The lowest BCUT2D eigenvalue weighted by molar-refractivity contribution is 0.0587. The van der Waals surface area contributed by atoms with Crippen molar-refractivity contribution < 1.29 is 8.78 Å². The van der Waals surface area contributed by atoms with Crippen LogP contribution in [0.4, 0.5) is 8.78 Å². The van der Waals surface area contributed by atoms with Crippen LogP contribution in [0.15, 0.2) is 0 Å². The van der Waals surface area contributed by atoms with Crippen LogP contribution in [0.3, 0.4) is 0 Å². The average molecular weight is 246 g/mol. The smallest absolute Gasteiger partial charge is 0.251 e. The van der Waals surface area contributed by atoms with Gasteiger partial charge in [0.25, 0.3) is 6.43 Å². The Balaban J connectivity index is 1.75. The molecule has 4 heteroatoms. The van der Waals surface area contributed by atoms with E-state index < -0.39 is 6.43 Å². The van der Waals surface area contributed by atoms with E-state index in [2.05, 4.69) is 5.32 Å². The van der Waals surface area contributed by atoms with E-state index in [1.807, 2.05) is 4.90 Å². The van der Waals surface area contributed by atoms with Crippen molar-refractivity contribution in [3.63, 3.8) is 0 Å². The van der Waals surface area contributed by atoms with Gasteiger partial charge in [-0.3, -0.25) is 4.90 Å². The van der Waals surface area contributed by atoms with Crippen LogP contribution in [0.5, 0.6) is 0 Å². The summed E-state index contributed by atoms with van der Waals surface area (Å²) in [5.41, 5.74) is 0. The van der Waals surface area contributed by atoms with Gasteiger partial charge in [-0.05, 0) is 50.6 Å². The topological polar surface area (TPSA) is 15.3 Å². The summed E-state index contributed by atoms with van der Waals surface area (Å²) in [5, 5.41) is 3.33. The maximum atomic E-state index is 12.6. The zero-order chi connectivity index (χ0) is 12.1.